The van der Waals surface area contributed by atoms with Crippen molar-refractivity contribution in [3.8, 4) is 16.9 Å². The SMILES string of the molecule is CC(=O)NC1(C)CCN(c2nc3ccc(-c4c(C)noc4C)c4c3n2[C@@H](c2ccccn2)CO4)CC1. The number of hydrogen-bond acceptors (Lipinski definition) is 7. The topological polar surface area (TPSA) is 98.3 Å². The lowest BCUT2D eigenvalue weighted by Gasteiger charge is -2.41. The predicted molar refractivity (Wildman–Crippen MR) is 136 cm³/mol. The number of aryl methyl sites for hydroxylation is 2. The summed E-state index contributed by atoms with van der Waals surface area (Å²) in [5.41, 5.74) is 5.32. The van der Waals surface area contributed by atoms with Crippen LogP contribution >= 0.6 is 0 Å². The number of amides is 1. The van der Waals surface area contributed by atoms with Gasteiger partial charge in [0.1, 0.15) is 23.9 Å². The van der Waals surface area contributed by atoms with Crippen molar-refractivity contribution in [3.05, 3.63) is 53.7 Å². The molecule has 4 aromatic rings. The van der Waals surface area contributed by atoms with E-state index in [1.54, 1.807) is 6.92 Å². The van der Waals surface area contributed by atoms with E-state index in [0.717, 1.165) is 76.9 Å². The van der Waals surface area contributed by atoms with Gasteiger partial charge in [-0.15, -0.1) is 0 Å². The van der Waals surface area contributed by atoms with Crippen molar-refractivity contribution in [3.63, 3.8) is 0 Å². The molecule has 2 aliphatic rings. The number of aromatic nitrogens is 4. The van der Waals surface area contributed by atoms with Crippen LogP contribution in [0.2, 0.25) is 0 Å². The molecule has 1 amide bonds. The first-order chi connectivity index (χ1) is 17.3. The number of nitrogens with zero attached hydrogens (tertiary/aromatic N) is 5. The lowest BCUT2D eigenvalue weighted by atomic mass is 9.89. The molecular weight excluding hydrogens is 456 g/mol. The van der Waals surface area contributed by atoms with Crippen LogP contribution in [-0.2, 0) is 4.79 Å². The van der Waals surface area contributed by atoms with Crippen LogP contribution in [0.5, 0.6) is 5.75 Å². The largest absolute Gasteiger partial charge is 0.488 e. The molecule has 1 aromatic carbocycles. The zero-order valence-corrected chi connectivity index (χ0v) is 21.0. The summed E-state index contributed by atoms with van der Waals surface area (Å²) < 4.78 is 14.2. The summed E-state index contributed by atoms with van der Waals surface area (Å²) in [7, 11) is 0. The first-order valence-corrected chi connectivity index (χ1v) is 12.4. The monoisotopic (exact) mass is 486 g/mol. The van der Waals surface area contributed by atoms with Crippen LogP contribution in [0.1, 0.15) is 49.9 Å². The molecule has 0 unspecified atom stereocenters. The standard InChI is InChI=1S/C27H30N6O3/c1-16-23(17(2)36-31-16)19-8-9-21-24-25(19)35-15-22(20-7-5-6-12-28-20)33(24)26(29-21)32-13-10-27(4,11-14-32)30-18(3)34/h5-9,12,22H,10-11,13-15H2,1-4H3,(H,30,34)/t22-/m1/s1. The quantitative estimate of drug-likeness (QED) is 0.462. The Morgan fingerprint density at radius 2 is 1.97 bits per heavy atom. The Morgan fingerprint density at radius 1 is 1.17 bits per heavy atom. The van der Waals surface area contributed by atoms with Gasteiger partial charge >= 0.3 is 0 Å². The van der Waals surface area contributed by atoms with Gasteiger partial charge in [-0.05, 0) is 57.9 Å². The van der Waals surface area contributed by atoms with E-state index in [2.05, 4.69) is 44.0 Å². The maximum absolute atomic E-state index is 11.7. The molecule has 9 heteroatoms. The minimum absolute atomic E-state index is 0.0106. The van der Waals surface area contributed by atoms with E-state index >= 15 is 0 Å². The van der Waals surface area contributed by atoms with Gasteiger partial charge in [0.15, 0.2) is 5.75 Å². The zero-order valence-electron chi connectivity index (χ0n) is 21.0. The van der Waals surface area contributed by atoms with Crippen LogP contribution in [0.3, 0.4) is 0 Å². The average molecular weight is 487 g/mol. The molecule has 1 atom stereocenters. The molecule has 186 valence electrons. The molecule has 1 saturated heterocycles. The molecule has 0 bridgehead atoms. The van der Waals surface area contributed by atoms with Crippen molar-refractivity contribution in [2.75, 3.05) is 24.6 Å². The second kappa shape index (κ2) is 8.36. The zero-order chi connectivity index (χ0) is 25.0. The van der Waals surface area contributed by atoms with Crippen LogP contribution in [0.25, 0.3) is 22.2 Å². The Hall–Kier alpha value is -3.88. The second-order valence-corrected chi connectivity index (χ2v) is 10.1. The Balaban J connectivity index is 1.50. The highest BCUT2D eigenvalue weighted by Gasteiger charge is 2.36. The van der Waals surface area contributed by atoms with E-state index in [4.69, 9.17) is 14.2 Å². The normalized spacial score (nSPS) is 18.8. The van der Waals surface area contributed by atoms with Crippen molar-refractivity contribution in [2.24, 2.45) is 0 Å². The van der Waals surface area contributed by atoms with Crippen molar-refractivity contribution in [2.45, 2.75) is 52.1 Å². The number of piperidine rings is 1. The van der Waals surface area contributed by atoms with Gasteiger partial charge in [0.2, 0.25) is 11.9 Å². The lowest BCUT2D eigenvalue weighted by molar-refractivity contribution is -0.120. The number of anilines is 1. The third kappa shape index (κ3) is 3.61. The number of carbonyl (C=O) groups excluding carboxylic acids is 1. The Bertz CT molecular complexity index is 1430. The van der Waals surface area contributed by atoms with Crippen LogP contribution < -0.4 is 15.0 Å². The highest BCUT2D eigenvalue weighted by Crippen LogP contribution is 2.46. The molecule has 9 nitrogen and oxygen atoms in total. The maximum atomic E-state index is 11.7. The van der Waals surface area contributed by atoms with Gasteiger partial charge in [0.05, 0.1) is 22.5 Å². The van der Waals surface area contributed by atoms with Gasteiger partial charge in [-0.2, -0.15) is 0 Å². The van der Waals surface area contributed by atoms with Crippen LogP contribution in [-0.4, -0.2) is 50.8 Å². The number of ether oxygens (including phenoxy) is 1. The summed E-state index contributed by atoms with van der Waals surface area (Å²) in [5, 5.41) is 7.30. The van der Waals surface area contributed by atoms with Crippen LogP contribution in [0.15, 0.2) is 41.1 Å². The fraction of sp³-hybridized carbons (Fsp3) is 0.407. The molecule has 3 aromatic heterocycles. The maximum Gasteiger partial charge on any atom is 0.217 e. The van der Waals surface area contributed by atoms with E-state index in [1.165, 1.54) is 0 Å². The first-order valence-electron chi connectivity index (χ1n) is 12.4. The van der Waals surface area contributed by atoms with Gasteiger partial charge < -0.3 is 19.5 Å². The minimum Gasteiger partial charge on any atom is -0.488 e. The van der Waals surface area contributed by atoms with E-state index < -0.39 is 0 Å². The fourth-order valence-electron chi connectivity index (χ4n) is 5.65. The molecule has 0 spiro atoms. The highest BCUT2D eigenvalue weighted by molar-refractivity contribution is 5.94. The highest BCUT2D eigenvalue weighted by atomic mass is 16.5. The average Bonchev–Trinajstić information content (AvgIpc) is 3.41. The number of nitrogens with one attached hydrogen (secondary N) is 1. The molecule has 0 aliphatic carbocycles. The van der Waals surface area contributed by atoms with E-state index in [-0.39, 0.29) is 17.5 Å². The third-order valence-corrected chi connectivity index (χ3v) is 7.44. The number of pyridine rings is 1. The Kier molecular flexibility index (Phi) is 5.24. The summed E-state index contributed by atoms with van der Waals surface area (Å²) in [6.07, 6.45) is 3.51. The van der Waals surface area contributed by atoms with Crippen LogP contribution in [0.4, 0.5) is 5.95 Å². The number of imidazole rings is 1. The molecule has 5 heterocycles. The first kappa shape index (κ1) is 22.6. The summed E-state index contributed by atoms with van der Waals surface area (Å²) in [6.45, 7) is 9.61. The van der Waals surface area contributed by atoms with Gasteiger partial charge in [-0.3, -0.25) is 14.3 Å². The molecule has 6 rings (SSSR count). The van der Waals surface area contributed by atoms with Crippen molar-refractivity contribution in [1.29, 1.82) is 0 Å². The van der Waals surface area contributed by atoms with Gasteiger partial charge in [-0.1, -0.05) is 11.2 Å². The van der Waals surface area contributed by atoms with E-state index in [9.17, 15) is 4.79 Å². The Labute approximate surface area is 209 Å². The van der Waals surface area contributed by atoms with Gasteiger partial charge in [0.25, 0.3) is 0 Å². The molecule has 0 radical (unpaired) electrons. The van der Waals surface area contributed by atoms with Crippen LogP contribution in [0, 0.1) is 13.8 Å². The molecular formula is C27H30N6O3. The second-order valence-electron chi connectivity index (χ2n) is 10.1. The van der Waals surface area contributed by atoms with Crippen molar-refractivity contribution >= 4 is 22.9 Å². The molecule has 1 fully saturated rings. The summed E-state index contributed by atoms with van der Waals surface area (Å²) >= 11 is 0. The fourth-order valence-corrected chi connectivity index (χ4v) is 5.65. The summed E-state index contributed by atoms with van der Waals surface area (Å²) in [4.78, 5) is 23.8. The predicted octanol–water partition coefficient (Wildman–Crippen LogP) is 4.18. The molecule has 0 saturated carbocycles. The van der Waals surface area contributed by atoms with Gasteiger partial charge in [0, 0.05) is 37.3 Å². The van der Waals surface area contributed by atoms with E-state index in [0.29, 0.717) is 6.61 Å². The number of benzene rings is 1. The summed E-state index contributed by atoms with van der Waals surface area (Å²) in [5.74, 6) is 2.48. The molecule has 36 heavy (non-hydrogen) atoms. The number of carbonyl (C=O) groups is 1. The van der Waals surface area contributed by atoms with E-state index in [1.807, 2.05) is 38.2 Å². The number of hydrogen-bond donors (Lipinski definition) is 1. The Morgan fingerprint density at radius 3 is 2.64 bits per heavy atom. The summed E-state index contributed by atoms with van der Waals surface area (Å²) in [6, 6.07) is 9.96. The van der Waals surface area contributed by atoms with Crippen molar-refractivity contribution in [1.82, 2.24) is 25.0 Å². The lowest BCUT2D eigenvalue weighted by Crippen LogP contribution is -2.53. The minimum atomic E-state index is -0.207. The van der Waals surface area contributed by atoms with Crippen molar-refractivity contribution < 1.29 is 14.1 Å². The smallest absolute Gasteiger partial charge is 0.217 e. The third-order valence-electron chi connectivity index (χ3n) is 7.44. The number of rotatable bonds is 4. The molecule has 1 N–H and O–H groups in total. The van der Waals surface area contributed by atoms with Gasteiger partial charge in [-0.25, -0.2) is 4.98 Å². The molecule has 2 aliphatic heterocycles.